The van der Waals surface area contributed by atoms with Crippen LogP contribution in [-0.4, -0.2) is 37.6 Å². The van der Waals surface area contributed by atoms with Gasteiger partial charge in [-0.05, 0) is 24.9 Å². The quantitative estimate of drug-likeness (QED) is 0.696. The second-order valence-electron chi connectivity index (χ2n) is 4.81. The summed E-state index contributed by atoms with van der Waals surface area (Å²) < 4.78 is 5.21. The molecule has 3 rings (SSSR count). The van der Waals surface area contributed by atoms with E-state index >= 15 is 0 Å². The molecule has 3 nitrogen and oxygen atoms in total. The molecule has 1 spiro atoms. The number of cyclic esters (lactones) is 1. The van der Waals surface area contributed by atoms with Crippen LogP contribution in [0.1, 0.15) is 17.2 Å². The molecule has 2 aliphatic rings. The van der Waals surface area contributed by atoms with Gasteiger partial charge in [-0.15, -0.1) is 11.3 Å². The third kappa shape index (κ3) is 1.33. The fourth-order valence-electron chi connectivity index (χ4n) is 3.03. The van der Waals surface area contributed by atoms with Crippen LogP contribution < -0.4 is 0 Å². The maximum atomic E-state index is 12.0. The van der Waals surface area contributed by atoms with Crippen molar-refractivity contribution in [1.82, 2.24) is 4.90 Å². The van der Waals surface area contributed by atoms with Crippen molar-refractivity contribution in [2.45, 2.75) is 12.3 Å². The predicted octanol–water partition coefficient (Wildman–Crippen LogP) is 1.71. The van der Waals surface area contributed by atoms with Crippen LogP contribution in [0.25, 0.3) is 0 Å². The fourth-order valence-corrected chi connectivity index (χ4v) is 3.96. The molecule has 0 saturated carbocycles. The number of carbonyl (C=O) groups is 1. The van der Waals surface area contributed by atoms with E-state index in [9.17, 15) is 4.79 Å². The summed E-state index contributed by atoms with van der Waals surface area (Å²) in [6.07, 6.45) is 0.874. The molecule has 2 atom stereocenters. The zero-order chi connectivity index (χ0) is 11.2. The van der Waals surface area contributed by atoms with Crippen LogP contribution >= 0.6 is 11.3 Å². The number of thiophene rings is 1. The van der Waals surface area contributed by atoms with Crippen molar-refractivity contribution in [3.05, 3.63) is 22.4 Å². The molecule has 0 radical (unpaired) electrons. The van der Waals surface area contributed by atoms with E-state index in [1.165, 1.54) is 4.88 Å². The van der Waals surface area contributed by atoms with Crippen molar-refractivity contribution in [3.63, 3.8) is 0 Å². The highest BCUT2D eigenvalue weighted by atomic mass is 32.1. The van der Waals surface area contributed by atoms with Crippen molar-refractivity contribution in [2.75, 3.05) is 26.7 Å². The molecule has 86 valence electrons. The summed E-state index contributed by atoms with van der Waals surface area (Å²) in [6, 6.07) is 4.20. The molecule has 0 aromatic carbocycles. The number of likely N-dealkylation sites (N-methyl/N-ethyl adjacent to an activating group) is 1. The molecule has 1 aromatic rings. The molecule has 0 amide bonds. The predicted molar refractivity (Wildman–Crippen MR) is 62.6 cm³/mol. The van der Waals surface area contributed by atoms with Crippen molar-refractivity contribution < 1.29 is 9.53 Å². The van der Waals surface area contributed by atoms with E-state index in [1.807, 2.05) is 0 Å². The summed E-state index contributed by atoms with van der Waals surface area (Å²) in [7, 11) is 2.08. The number of carbonyl (C=O) groups excluding carboxylic acids is 1. The van der Waals surface area contributed by atoms with Crippen molar-refractivity contribution in [3.8, 4) is 0 Å². The summed E-state index contributed by atoms with van der Waals surface area (Å²) in [5, 5.41) is 2.08. The summed E-state index contributed by atoms with van der Waals surface area (Å²) in [5.41, 5.74) is -0.264. The maximum absolute atomic E-state index is 12.0. The highest BCUT2D eigenvalue weighted by Gasteiger charge is 2.55. The summed E-state index contributed by atoms with van der Waals surface area (Å²) in [5.74, 6) is 0.336. The van der Waals surface area contributed by atoms with Gasteiger partial charge in [-0.25, -0.2) is 0 Å². The van der Waals surface area contributed by atoms with Gasteiger partial charge >= 0.3 is 5.97 Å². The largest absolute Gasteiger partial charge is 0.465 e. The van der Waals surface area contributed by atoms with E-state index in [-0.39, 0.29) is 11.4 Å². The van der Waals surface area contributed by atoms with Crippen LogP contribution in [0.2, 0.25) is 0 Å². The van der Waals surface area contributed by atoms with Crippen LogP contribution in [0.15, 0.2) is 17.5 Å². The lowest BCUT2D eigenvalue weighted by atomic mass is 9.76. The van der Waals surface area contributed by atoms with E-state index in [4.69, 9.17) is 4.74 Å². The van der Waals surface area contributed by atoms with Gasteiger partial charge in [0.15, 0.2) is 0 Å². The number of hydrogen-bond donors (Lipinski definition) is 0. The van der Waals surface area contributed by atoms with Gasteiger partial charge in [0.2, 0.25) is 0 Å². The monoisotopic (exact) mass is 237 g/mol. The lowest BCUT2D eigenvalue weighted by molar-refractivity contribution is -0.146. The zero-order valence-electron chi connectivity index (χ0n) is 9.31. The lowest BCUT2D eigenvalue weighted by Gasteiger charge is -2.24. The third-order valence-corrected chi connectivity index (χ3v) is 4.77. The molecule has 3 heterocycles. The molecule has 2 saturated heterocycles. The first-order chi connectivity index (χ1) is 7.72. The molecular weight excluding hydrogens is 222 g/mol. The van der Waals surface area contributed by atoms with Gasteiger partial charge in [0.1, 0.15) is 0 Å². The van der Waals surface area contributed by atoms with E-state index < -0.39 is 0 Å². The average Bonchev–Trinajstić information content (AvgIpc) is 2.91. The highest BCUT2D eigenvalue weighted by Crippen LogP contribution is 2.49. The van der Waals surface area contributed by atoms with Crippen LogP contribution in [0.4, 0.5) is 0 Å². The zero-order valence-corrected chi connectivity index (χ0v) is 10.1. The second-order valence-corrected chi connectivity index (χ2v) is 5.79. The van der Waals surface area contributed by atoms with Crippen LogP contribution in [0.5, 0.6) is 0 Å². The third-order valence-electron chi connectivity index (χ3n) is 3.79. The van der Waals surface area contributed by atoms with Gasteiger partial charge < -0.3 is 9.64 Å². The smallest absolute Gasteiger partial charge is 0.314 e. The number of nitrogens with zero attached hydrogens (tertiary/aromatic N) is 1. The summed E-state index contributed by atoms with van der Waals surface area (Å²) in [6.45, 7) is 2.40. The normalized spacial score (nSPS) is 34.8. The minimum Gasteiger partial charge on any atom is -0.465 e. The number of hydrogen-bond acceptors (Lipinski definition) is 4. The molecule has 0 N–H and O–H groups in total. The van der Waals surface area contributed by atoms with Crippen molar-refractivity contribution >= 4 is 17.3 Å². The maximum Gasteiger partial charge on any atom is 0.314 e. The molecule has 16 heavy (non-hydrogen) atoms. The molecule has 2 aliphatic heterocycles. The van der Waals surface area contributed by atoms with Crippen molar-refractivity contribution in [2.24, 2.45) is 5.41 Å². The number of esters is 1. The molecule has 0 unspecified atom stereocenters. The first kappa shape index (κ1) is 10.3. The van der Waals surface area contributed by atoms with E-state index in [2.05, 4.69) is 29.5 Å². The van der Waals surface area contributed by atoms with E-state index in [0.717, 1.165) is 19.5 Å². The van der Waals surface area contributed by atoms with E-state index in [1.54, 1.807) is 11.3 Å². The lowest BCUT2D eigenvalue weighted by Crippen LogP contribution is -2.33. The Labute approximate surface area is 99.0 Å². The molecule has 1 aromatic heterocycles. The standard InChI is InChI=1S/C12H15NO2S/c1-13-7-9(10-3-2-6-16-10)12(8-13)4-5-15-11(12)14/h2-3,6,9H,4-5,7-8H2,1H3/t9-,12+/m1/s1. The number of likely N-dealkylation sites (tertiary alicyclic amines) is 1. The van der Waals surface area contributed by atoms with Gasteiger partial charge in [-0.3, -0.25) is 4.79 Å². The van der Waals surface area contributed by atoms with Gasteiger partial charge in [-0.1, -0.05) is 6.07 Å². The van der Waals surface area contributed by atoms with Crippen LogP contribution in [0, 0.1) is 5.41 Å². The van der Waals surface area contributed by atoms with Crippen molar-refractivity contribution in [1.29, 1.82) is 0 Å². The Morgan fingerprint density at radius 2 is 2.50 bits per heavy atom. The van der Waals surface area contributed by atoms with Crippen LogP contribution in [-0.2, 0) is 9.53 Å². The summed E-state index contributed by atoms with van der Waals surface area (Å²) >= 11 is 1.75. The first-order valence-electron chi connectivity index (χ1n) is 5.61. The Balaban J connectivity index is 2.00. The Morgan fingerprint density at radius 3 is 3.12 bits per heavy atom. The van der Waals surface area contributed by atoms with Gasteiger partial charge in [0.05, 0.1) is 12.0 Å². The molecule has 0 aliphatic carbocycles. The van der Waals surface area contributed by atoms with Gasteiger partial charge in [-0.2, -0.15) is 0 Å². The minimum atomic E-state index is -0.264. The molecule has 0 bridgehead atoms. The molecular formula is C12H15NO2S. The number of rotatable bonds is 1. The SMILES string of the molecule is CN1C[C@H](c2cccs2)[C@]2(CCOC2=O)C1. The Morgan fingerprint density at radius 1 is 1.62 bits per heavy atom. The number of ether oxygens (including phenoxy) is 1. The molecule has 4 heteroatoms. The summed E-state index contributed by atoms with van der Waals surface area (Å²) in [4.78, 5) is 15.6. The van der Waals surface area contributed by atoms with Crippen LogP contribution in [0.3, 0.4) is 0 Å². The first-order valence-corrected chi connectivity index (χ1v) is 6.49. The van der Waals surface area contributed by atoms with E-state index in [0.29, 0.717) is 12.5 Å². The van der Waals surface area contributed by atoms with Gasteiger partial charge in [0.25, 0.3) is 0 Å². The Bertz CT molecular complexity index is 403. The minimum absolute atomic E-state index is 0.00949. The topological polar surface area (TPSA) is 29.5 Å². The fraction of sp³-hybridized carbons (Fsp3) is 0.583. The Kier molecular flexibility index (Phi) is 2.30. The average molecular weight is 237 g/mol. The second kappa shape index (κ2) is 3.57. The Hall–Kier alpha value is -0.870. The van der Waals surface area contributed by atoms with Gasteiger partial charge in [0, 0.05) is 23.9 Å². The highest BCUT2D eigenvalue weighted by molar-refractivity contribution is 7.10. The molecule has 2 fully saturated rings.